The molecule has 0 radical (unpaired) electrons. The molecule has 0 saturated carbocycles. The van der Waals surface area contributed by atoms with Crippen molar-refractivity contribution in [1.29, 1.82) is 0 Å². The number of aryl methyl sites for hydroxylation is 1. The molecule has 2 aliphatic rings. The number of aromatic nitrogens is 4. The van der Waals surface area contributed by atoms with Crippen molar-refractivity contribution in [2.24, 2.45) is 7.05 Å². The predicted octanol–water partition coefficient (Wildman–Crippen LogP) is 12.7. The van der Waals surface area contributed by atoms with E-state index in [2.05, 4.69) is 212 Å². The summed E-state index contributed by atoms with van der Waals surface area (Å²) in [6.45, 7) is 6.93. The van der Waals surface area contributed by atoms with Gasteiger partial charge in [-0.05, 0) is 98.0 Å². The number of fused-ring (bicyclic) bond motifs is 11. The number of benzene rings is 7. The van der Waals surface area contributed by atoms with Gasteiger partial charge < -0.3 is 13.9 Å². The molecule has 61 heavy (non-hydrogen) atoms. The monoisotopic (exact) mass is 786 g/mol. The van der Waals surface area contributed by atoms with Crippen molar-refractivity contribution in [1.82, 2.24) is 14.1 Å². The van der Waals surface area contributed by atoms with Gasteiger partial charge in [0.1, 0.15) is 17.3 Å². The van der Waals surface area contributed by atoms with Gasteiger partial charge in [-0.2, -0.15) is 0 Å². The highest BCUT2D eigenvalue weighted by molar-refractivity contribution is 6.09. The molecule has 0 N–H and O–H groups in total. The number of hydrogen-bond donors (Lipinski definition) is 0. The molecule has 1 atom stereocenters. The molecule has 1 aliphatic carbocycles. The Balaban J connectivity index is 1.14. The van der Waals surface area contributed by atoms with Crippen molar-refractivity contribution in [3.05, 3.63) is 215 Å². The Bertz CT molecular complexity index is 3440. The fraction of sp³-hybridized carbons (Fsp3) is 0.107. The lowest BCUT2D eigenvalue weighted by Crippen LogP contribution is -2.37. The summed E-state index contributed by atoms with van der Waals surface area (Å²) in [5.41, 5.74) is 15.7. The van der Waals surface area contributed by atoms with Crippen LogP contribution in [0.2, 0.25) is 0 Å². The maximum atomic E-state index is 6.95. The molecular weight excluding hydrogens is 745 g/mol. The molecule has 292 valence electrons. The van der Waals surface area contributed by atoms with Gasteiger partial charge in [0.2, 0.25) is 6.33 Å². The Kier molecular flexibility index (Phi) is 7.55. The summed E-state index contributed by atoms with van der Waals surface area (Å²) >= 11 is 0. The Morgan fingerprint density at radius 1 is 0.623 bits per heavy atom. The highest BCUT2D eigenvalue weighted by atomic mass is 16.5. The molecule has 7 aromatic carbocycles. The third kappa shape index (κ3) is 5.13. The van der Waals surface area contributed by atoms with Crippen LogP contribution in [-0.2, 0) is 17.9 Å². The van der Waals surface area contributed by atoms with Crippen LogP contribution in [0.15, 0.2) is 170 Å². The lowest BCUT2D eigenvalue weighted by molar-refractivity contribution is -0.649. The third-order valence-corrected chi connectivity index (χ3v) is 12.9. The summed E-state index contributed by atoms with van der Waals surface area (Å²) in [5.74, 6) is 2.37. The topological polar surface area (TPSA) is 35.9 Å². The number of rotatable bonds is 4. The first-order valence-electron chi connectivity index (χ1n) is 21.0. The van der Waals surface area contributed by atoms with E-state index in [1.807, 2.05) is 18.3 Å². The van der Waals surface area contributed by atoms with Crippen LogP contribution in [0.25, 0.3) is 67.6 Å². The van der Waals surface area contributed by atoms with E-state index >= 15 is 0 Å². The predicted molar refractivity (Wildman–Crippen MR) is 247 cm³/mol. The molecule has 0 saturated heterocycles. The fourth-order valence-electron chi connectivity index (χ4n) is 10.2. The van der Waals surface area contributed by atoms with Crippen LogP contribution in [0, 0.1) is 6.33 Å². The van der Waals surface area contributed by atoms with Crippen molar-refractivity contribution in [2.45, 2.75) is 31.6 Å². The molecule has 3 aromatic heterocycles. The van der Waals surface area contributed by atoms with Crippen LogP contribution >= 0.6 is 0 Å². The Morgan fingerprint density at radius 2 is 1.39 bits per heavy atom. The molecule has 0 amide bonds. The average Bonchev–Trinajstić information content (AvgIpc) is 3.76. The second-order valence-electron chi connectivity index (χ2n) is 17.4. The van der Waals surface area contributed by atoms with Crippen LogP contribution in [-0.4, -0.2) is 14.1 Å². The van der Waals surface area contributed by atoms with Crippen molar-refractivity contribution < 1.29 is 9.30 Å². The zero-order valence-corrected chi connectivity index (χ0v) is 34.5. The highest BCUT2D eigenvalue weighted by Crippen LogP contribution is 2.58. The molecule has 10 aromatic rings. The summed E-state index contributed by atoms with van der Waals surface area (Å²) in [6, 6.07) is 59.2. The van der Waals surface area contributed by atoms with Crippen LogP contribution < -0.4 is 9.30 Å². The molecule has 1 spiro atoms. The lowest BCUT2D eigenvalue weighted by atomic mass is 9.60. The Labute approximate surface area is 355 Å². The van der Waals surface area contributed by atoms with Gasteiger partial charge in [-0.1, -0.05) is 148 Å². The van der Waals surface area contributed by atoms with Crippen molar-refractivity contribution in [2.75, 3.05) is 0 Å². The molecule has 5 heteroatoms. The minimum Gasteiger partial charge on any atom is -0.458 e. The molecule has 1 aliphatic heterocycles. The summed E-state index contributed by atoms with van der Waals surface area (Å²) < 4.78 is 13.6. The number of pyridine rings is 1. The second kappa shape index (κ2) is 13.0. The molecule has 0 fully saturated rings. The van der Waals surface area contributed by atoms with Gasteiger partial charge >= 0.3 is 0 Å². The molecule has 1 unspecified atom stereocenters. The largest absolute Gasteiger partial charge is 0.458 e. The van der Waals surface area contributed by atoms with Gasteiger partial charge in [0.15, 0.2) is 0 Å². The molecule has 4 heterocycles. The van der Waals surface area contributed by atoms with Gasteiger partial charge in [0.25, 0.3) is 0 Å². The molecule has 0 bridgehead atoms. The van der Waals surface area contributed by atoms with Crippen LogP contribution in [0.3, 0.4) is 0 Å². The maximum absolute atomic E-state index is 6.95. The third-order valence-electron chi connectivity index (χ3n) is 12.9. The van der Waals surface area contributed by atoms with Gasteiger partial charge in [0, 0.05) is 23.0 Å². The smallest absolute Gasteiger partial charge is 0.244 e. The first-order chi connectivity index (χ1) is 29.8. The lowest BCUT2D eigenvalue weighted by Gasteiger charge is -2.44. The number of ether oxygens (including phenoxy) is 1. The normalized spacial score (nSPS) is 15.2. The molecular formula is C56H42N4O. The van der Waals surface area contributed by atoms with E-state index in [-0.39, 0.29) is 5.41 Å². The standard InChI is InChI=1S/C56H42N4O/c1-55(2,3)39-26-25-37-23-24-38-16-12-18-42(36-14-6-5-7-15-36)53(38)56(47(37)32-39)45-30-28-41(34-51(45)59-35-58(4)49-21-13-19-46(56)54(49)59)61-40-27-29-44-43-17-8-9-20-48(43)60(50(44)33-40)52-22-10-11-31-57-52/h5-34H,1-4H3. The summed E-state index contributed by atoms with van der Waals surface area (Å²) in [6.07, 6.45) is 10.2. The van der Waals surface area contributed by atoms with Gasteiger partial charge in [-0.15, -0.1) is 0 Å². The molecule has 12 rings (SSSR count). The summed E-state index contributed by atoms with van der Waals surface area (Å²) in [4.78, 5) is 4.76. The van der Waals surface area contributed by atoms with E-state index in [0.717, 1.165) is 50.5 Å². The SMILES string of the molecule is C[n+]1[c-]n2c3c(cccc31)C1(c3cc(C(C)(C)C)ccc3C=Cc3cccc(-c4ccccc4)c31)c1ccc(Oc3ccc4c5ccccc5n(-c5ccccn5)c4c3)cc1-2. The van der Waals surface area contributed by atoms with E-state index in [4.69, 9.17) is 9.72 Å². The summed E-state index contributed by atoms with van der Waals surface area (Å²) in [7, 11) is 2.10. The van der Waals surface area contributed by atoms with Crippen molar-refractivity contribution in [3.63, 3.8) is 0 Å². The Hall–Kier alpha value is -7.50. The zero-order valence-electron chi connectivity index (χ0n) is 34.5. The first kappa shape index (κ1) is 35.4. The van der Waals surface area contributed by atoms with Crippen LogP contribution in [0.5, 0.6) is 11.5 Å². The number of para-hydroxylation sites is 2. The first-order valence-corrected chi connectivity index (χ1v) is 21.0. The minimum absolute atomic E-state index is 0.0704. The van der Waals surface area contributed by atoms with E-state index < -0.39 is 5.41 Å². The van der Waals surface area contributed by atoms with E-state index in [9.17, 15) is 0 Å². The van der Waals surface area contributed by atoms with Crippen LogP contribution in [0.1, 0.15) is 59.7 Å². The van der Waals surface area contributed by atoms with E-state index in [0.29, 0.717) is 0 Å². The Morgan fingerprint density at radius 3 is 2.25 bits per heavy atom. The summed E-state index contributed by atoms with van der Waals surface area (Å²) in [5, 5.41) is 2.33. The highest BCUT2D eigenvalue weighted by Gasteiger charge is 2.48. The van der Waals surface area contributed by atoms with Gasteiger partial charge in [-0.25, -0.2) is 4.98 Å². The van der Waals surface area contributed by atoms with Crippen LogP contribution in [0.4, 0.5) is 0 Å². The average molecular weight is 787 g/mol. The van der Waals surface area contributed by atoms with Crippen molar-refractivity contribution in [3.8, 4) is 34.1 Å². The zero-order chi connectivity index (χ0) is 41.0. The van der Waals surface area contributed by atoms with Gasteiger partial charge in [-0.3, -0.25) is 4.57 Å². The number of imidazole rings is 1. The van der Waals surface area contributed by atoms with Gasteiger partial charge in [0.05, 0.1) is 40.2 Å². The number of nitrogens with zero attached hydrogens (tertiary/aromatic N) is 4. The quantitative estimate of drug-likeness (QED) is 0.132. The van der Waals surface area contributed by atoms with Crippen molar-refractivity contribution >= 4 is 45.0 Å². The maximum Gasteiger partial charge on any atom is 0.244 e. The second-order valence-corrected chi connectivity index (χ2v) is 17.4. The number of hydrogen-bond acceptors (Lipinski definition) is 2. The fourth-order valence-corrected chi connectivity index (χ4v) is 10.2. The van der Waals surface area contributed by atoms with E-state index in [1.165, 1.54) is 55.5 Å². The molecule has 5 nitrogen and oxygen atoms in total. The van der Waals surface area contributed by atoms with E-state index in [1.54, 1.807) is 0 Å². The minimum atomic E-state index is -0.715.